The number of anilines is 1. The molecule has 0 saturated carbocycles. The van der Waals surface area contributed by atoms with Gasteiger partial charge in [-0.05, 0) is 49.2 Å². The second-order valence-electron chi connectivity index (χ2n) is 5.88. The van der Waals surface area contributed by atoms with Gasteiger partial charge in [-0.2, -0.15) is 0 Å². The highest BCUT2D eigenvalue weighted by Crippen LogP contribution is 2.24. The van der Waals surface area contributed by atoms with Crippen molar-refractivity contribution in [3.05, 3.63) is 58.6 Å². The molecule has 2 aromatic rings. The van der Waals surface area contributed by atoms with Crippen molar-refractivity contribution in [2.24, 2.45) is 0 Å². The van der Waals surface area contributed by atoms with E-state index < -0.39 is 0 Å². The van der Waals surface area contributed by atoms with E-state index in [1.165, 1.54) is 7.11 Å². The smallest absolute Gasteiger partial charge is 0.259 e. The van der Waals surface area contributed by atoms with Crippen molar-refractivity contribution in [3.63, 3.8) is 0 Å². The Balaban J connectivity index is 1.79. The third-order valence-corrected chi connectivity index (χ3v) is 4.40. The molecular formula is C19H19ClN2O3. The summed E-state index contributed by atoms with van der Waals surface area (Å²) in [5, 5.41) is 3.25. The number of likely N-dealkylation sites (tertiary alicyclic amines) is 1. The number of methoxy groups -OCH3 is 1. The van der Waals surface area contributed by atoms with Crippen LogP contribution in [-0.2, 0) is 0 Å². The van der Waals surface area contributed by atoms with Crippen LogP contribution in [0.25, 0.3) is 0 Å². The minimum atomic E-state index is -0.342. The van der Waals surface area contributed by atoms with Gasteiger partial charge < -0.3 is 15.0 Å². The molecule has 0 bridgehead atoms. The van der Waals surface area contributed by atoms with Crippen LogP contribution in [0.1, 0.15) is 33.6 Å². The van der Waals surface area contributed by atoms with Gasteiger partial charge in [-0.25, -0.2) is 0 Å². The zero-order valence-corrected chi connectivity index (χ0v) is 14.7. The van der Waals surface area contributed by atoms with E-state index in [1.807, 2.05) is 4.90 Å². The number of benzene rings is 2. The lowest BCUT2D eigenvalue weighted by molar-refractivity contribution is 0.0792. The lowest BCUT2D eigenvalue weighted by Crippen LogP contribution is -2.27. The highest BCUT2D eigenvalue weighted by molar-refractivity contribution is 6.31. The number of carbonyl (C=O) groups is 2. The first kappa shape index (κ1) is 17.3. The summed E-state index contributed by atoms with van der Waals surface area (Å²) in [6.45, 7) is 1.57. The Kier molecular flexibility index (Phi) is 5.24. The number of ether oxygens (including phenoxy) is 1. The highest BCUT2D eigenvalue weighted by Gasteiger charge is 2.20. The first-order valence-corrected chi connectivity index (χ1v) is 8.50. The van der Waals surface area contributed by atoms with E-state index in [0.717, 1.165) is 25.9 Å². The Labute approximate surface area is 151 Å². The molecule has 3 rings (SSSR count). The van der Waals surface area contributed by atoms with Crippen LogP contribution in [0.3, 0.4) is 0 Å². The second-order valence-corrected chi connectivity index (χ2v) is 6.32. The molecule has 0 aromatic heterocycles. The molecule has 0 atom stereocenters. The molecule has 1 fully saturated rings. The zero-order chi connectivity index (χ0) is 17.8. The first-order valence-electron chi connectivity index (χ1n) is 8.13. The molecule has 2 aromatic carbocycles. The van der Waals surface area contributed by atoms with Crippen LogP contribution < -0.4 is 10.1 Å². The Bertz CT molecular complexity index is 801. The van der Waals surface area contributed by atoms with E-state index in [2.05, 4.69) is 5.32 Å². The monoisotopic (exact) mass is 358 g/mol. The fourth-order valence-corrected chi connectivity index (χ4v) is 3.06. The summed E-state index contributed by atoms with van der Waals surface area (Å²) in [6, 6.07) is 11.8. The van der Waals surface area contributed by atoms with Crippen molar-refractivity contribution < 1.29 is 14.3 Å². The first-order chi connectivity index (χ1) is 12.1. The average Bonchev–Trinajstić information content (AvgIpc) is 3.16. The summed E-state index contributed by atoms with van der Waals surface area (Å²) in [6.07, 6.45) is 2.08. The SMILES string of the molecule is COc1ccc(Cl)cc1C(=O)Nc1cccc(C(=O)N2CCCC2)c1. The number of amides is 2. The molecule has 0 radical (unpaired) electrons. The number of hydrogen-bond acceptors (Lipinski definition) is 3. The van der Waals surface area contributed by atoms with Crippen molar-refractivity contribution in [2.45, 2.75) is 12.8 Å². The maximum Gasteiger partial charge on any atom is 0.259 e. The Morgan fingerprint density at radius 2 is 1.88 bits per heavy atom. The predicted octanol–water partition coefficient (Wildman–Crippen LogP) is 3.84. The van der Waals surface area contributed by atoms with E-state index in [1.54, 1.807) is 42.5 Å². The van der Waals surface area contributed by atoms with Gasteiger partial charge in [0.25, 0.3) is 11.8 Å². The molecule has 130 valence electrons. The van der Waals surface area contributed by atoms with Crippen LogP contribution in [0.15, 0.2) is 42.5 Å². The minimum Gasteiger partial charge on any atom is -0.496 e. The molecule has 0 aliphatic carbocycles. The maximum atomic E-state index is 12.5. The molecule has 0 spiro atoms. The molecule has 1 aliphatic rings. The lowest BCUT2D eigenvalue weighted by Gasteiger charge is -2.16. The van der Waals surface area contributed by atoms with E-state index in [-0.39, 0.29) is 11.8 Å². The lowest BCUT2D eigenvalue weighted by atomic mass is 10.1. The number of halogens is 1. The average molecular weight is 359 g/mol. The van der Waals surface area contributed by atoms with E-state index >= 15 is 0 Å². The number of hydrogen-bond donors (Lipinski definition) is 1. The standard InChI is InChI=1S/C19H19ClN2O3/c1-25-17-8-7-14(20)12-16(17)18(23)21-15-6-4-5-13(11-15)19(24)22-9-2-3-10-22/h4-8,11-12H,2-3,9-10H2,1H3,(H,21,23). The van der Waals surface area contributed by atoms with Gasteiger partial charge in [0.05, 0.1) is 12.7 Å². The number of nitrogens with one attached hydrogen (secondary N) is 1. The highest BCUT2D eigenvalue weighted by atomic mass is 35.5. The van der Waals surface area contributed by atoms with Crippen molar-refractivity contribution in [1.29, 1.82) is 0 Å². The minimum absolute atomic E-state index is 0.00562. The Morgan fingerprint density at radius 1 is 1.12 bits per heavy atom. The summed E-state index contributed by atoms with van der Waals surface area (Å²) >= 11 is 5.97. The maximum absolute atomic E-state index is 12.5. The molecular weight excluding hydrogens is 340 g/mol. The van der Waals surface area contributed by atoms with E-state index in [9.17, 15) is 9.59 Å². The third kappa shape index (κ3) is 3.94. The van der Waals surface area contributed by atoms with Gasteiger partial charge in [-0.3, -0.25) is 9.59 Å². The van der Waals surface area contributed by atoms with Gasteiger partial charge >= 0.3 is 0 Å². The second kappa shape index (κ2) is 7.57. The van der Waals surface area contributed by atoms with Crippen LogP contribution in [0, 0.1) is 0 Å². The molecule has 1 aliphatic heterocycles. The molecule has 1 N–H and O–H groups in total. The summed E-state index contributed by atoms with van der Waals surface area (Å²) in [7, 11) is 1.50. The molecule has 1 heterocycles. The zero-order valence-electron chi connectivity index (χ0n) is 13.9. The van der Waals surface area contributed by atoms with Crippen LogP contribution in [0.2, 0.25) is 5.02 Å². The summed E-state index contributed by atoms with van der Waals surface area (Å²) in [5.41, 5.74) is 1.46. The quantitative estimate of drug-likeness (QED) is 0.903. The van der Waals surface area contributed by atoms with Crippen molar-refractivity contribution >= 4 is 29.1 Å². The summed E-state index contributed by atoms with van der Waals surface area (Å²) in [4.78, 5) is 26.8. The van der Waals surface area contributed by atoms with Crippen LogP contribution >= 0.6 is 11.6 Å². The predicted molar refractivity (Wildman–Crippen MR) is 97.5 cm³/mol. The summed E-state index contributed by atoms with van der Waals surface area (Å²) in [5.74, 6) is 0.0882. The van der Waals surface area contributed by atoms with Gasteiger partial charge in [0.2, 0.25) is 0 Å². The molecule has 25 heavy (non-hydrogen) atoms. The fraction of sp³-hybridized carbons (Fsp3) is 0.263. The van der Waals surface area contributed by atoms with Gasteiger partial charge in [-0.15, -0.1) is 0 Å². The van der Waals surface area contributed by atoms with Crippen molar-refractivity contribution in [2.75, 3.05) is 25.5 Å². The van der Waals surface area contributed by atoms with Gasteiger partial charge in [-0.1, -0.05) is 17.7 Å². The molecule has 0 unspecified atom stereocenters. The van der Waals surface area contributed by atoms with Gasteiger partial charge in [0.15, 0.2) is 0 Å². The Morgan fingerprint density at radius 3 is 2.60 bits per heavy atom. The van der Waals surface area contributed by atoms with Gasteiger partial charge in [0.1, 0.15) is 5.75 Å². The van der Waals surface area contributed by atoms with E-state index in [4.69, 9.17) is 16.3 Å². The van der Waals surface area contributed by atoms with Gasteiger partial charge in [0, 0.05) is 29.4 Å². The summed E-state index contributed by atoms with van der Waals surface area (Å²) < 4.78 is 5.21. The fourth-order valence-electron chi connectivity index (χ4n) is 2.89. The number of nitrogens with zero attached hydrogens (tertiary/aromatic N) is 1. The Hall–Kier alpha value is -2.53. The largest absolute Gasteiger partial charge is 0.496 e. The van der Waals surface area contributed by atoms with Crippen molar-refractivity contribution in [1.82, 2.24) is 4.90 Å². The van der Waals surface area contributed by atoms with Crippen LogP contribution in [-0.4, -0.2) is 36.9 Å². The third-order valence-electron chi connectivity index (χ3n) is 4.17. The molecule has 2 amide bonds. The van der Waals surface area contributed by atoms with Crippen LogP contribution in [0.4, 0.5) is 5.69 Å². The number of carbonyl (C=O) groups excluding carboxylic acids is 2. The van der Waals surface area contributed by atoms with E-state index in [0.29, 0.717) is 27.6 Å². The molecule has 1 saturated heterocycles. The topological polar surface area (TPSA) is 58.6 Å². The number of rotatable bonds is 4. The molecule has 5 nitrogen and oxygen atoms in total. The van der Waals surface area contributed by atoms with Crippen LogP contribution in [0.5, 0.6) is 5.75 Å². The normalized spacial score (nSPS) is 13.6. The molecule has 6 heteroatoms. The van der Waals surface area contributed by atoms with Crippen molar-refractivity contribution in [3.8, 4) is 5.75 Å².